The van der Waals surface area contributed by atoms with Gasteiger partial charge in [0.1, 0.15) is 17.0 Å². The number of sulfone groups is 1. The summed E-state index contributed by atoms with van der Waals surface area (Å²) in [4.78, 5) is 26.0. The van der Waals surface area contributed by atoms with Crippen molar-refractivity contribution in [3.63, 3.8) is 0 Å². The third-order valence-electron chi connectivity index (χ3n) is 6.42. The molecule has 0 saturated heterocycles. The molecule has 4 aromatic rings. The number of benzene rings is 2. The molecule has 2 aromatic carbocycles. The second-order valence-electron chi connectivity index (χ2n) is 9.06. The Labute approximate surface area is 207 Å². The van der Waals surface area contributed by atoms with Crippen molar-refractivity contribution < 1.29 is 23.1 Å². The van der Waals surface area contributed by atoms with Crippen LogP contribution >= 0.6 is 0 Å². The number of hydrogen-bond donors (Lipinski definition) is 2. The zero-order valence-corrected chi connectivity index (χ0v) is 20.8. The Morgan fingerprint density at radius 3 is 2.61 bits per heavy atom. The quantitative estimate of drug-likeness (QED) is 0.411. The van der Waals surface area contributed by atoms with Crippen LogP contribution in [-0.2, 0) is 35.7 Å². The second kappa shape index (κ2) is 8.56. The van der Waals surface area contributed by atoms with E-state index in [-0.39, 0.29) is 35.6 Å². The normalized spacial score (nSPS) is 12.6. The molecule has 0 radical (unpaired) electrons. The Bertz CT molecular complexity index is 1720. The molecular weight excluding hydrogens is 482 g/mol. The van der Waals surface area contributed by atoms with Crippen molar-refractivity contribution >= 4 is 32.4 Å². The highest BCUT2D eigenvalue weighted by molar-refractivity contribution is 7.89. The first kappa shape index (κ1) is 23.7. The fraction of sp³-hybridized carbons (Fsp3) is 0.231. The van der Waals surface area contributed by atoms with Gasteiger partial charge in [0.15, 0.2) is 9.84 Å². The Balaban J connectivity index is 1.82. The predicted octanol–water partition coefficient (Wildman–Crippen LogP) is 3.23. The van der Waals surface area contributed by atoms with Crippen LogP contribution in [0.2, 0.25) is 0 Å². The lowest BCUT2D eigenvalue weighted by atomic mass is 9.99. The largest absolute Gasteiger partial charge is 0.497 e. The van der Waals surface area contributed by atoms with Crippen LogP contribution in [0.15, 0.2) is 53.5 Å². The van der Waals surface area contributed by atoms with Crippen molar-refractivity contribution in [3.8, 4) is 16.9 Å². The van der Waals surface area contributed by atoms with Gasteiger partial charge in [0, 0.05) is 60.4 Å². The third kappa shape index (κ3) is 4.03. The van der Waals surface area contributed by atoms with E-state index in [0.717, 1.165) is 11.3 Å². The number of carboxylic acid groups (broad SMARTS) is 1. The minimum atomic E-state index is -3.26. The van der Waals surface area contributed by atoms with E-state index in [0.29, 0.717) is 33.4 Å². The fourth-order valence-electron chi connectivity index (χ4n) is 4.94. The van der Waals surface area contributed by atoms with Crippen LogP contribution in [0.5, 0.6) is 5.75 Å². The van der Waals surface area contributed by atoms with Gasteiger partial charge < -0.3 is 24.3 Å². The highest BCUT2D eigenvalue weighted by Gasteiger charge is 2.30. The molecule has 2 N–H and O–H groups in total. The molecule has 5 rings (SSSR count). The molecule has 0 amide bonds. The minimum absolute atomic E-state index is 0.0361. The summed E-state index contributed by atoms with van der Waals surface area (Å²) in [6, 6.07) is 12.6. The van der Waals surface area contributed by atoms with Crippen molar-refractivity contribution in [2.45, 2.75) is 18.8 Å². The molecule has 36 heavy (non-hydrogen) atoms. The summed E-state index contributed by atoms with van der Waals surface area (Å²) in [5.41, 5.74) is 4.03. The van der Waals surface area contributed by atoms with Gasteiger partial charge >= 0.3 is 5.97 Å². The Morgan fingerprint density at radius 1 is 1.14 bits per heavy atom. The summed E-state index contributed by atoms with van der Waals surface area (Å²) in [5, 5.41) is 14.1. The molecule has 186 valence electrons. The number of carboxylic acids is 1. The number of hydrogen-bond acceptors (Lipinski definition) is 6. The molecule has 0 fully saturated rings. The van der Waals surface area contributed by atoms with Crippen LogP contribution < -0.4 is 15.6 Å². The first-order valence-electron chi connectivity index (χ1n) is 11.2. The summed E-state index contributed by atoms with van der Waals surface area (Å²) < 4.78 is 32.2. The lowest BCUT2D eigenvalue weighted by Gasteiger charge is -2.15. The number of ether oxygens (including phenoxy) is 1. The number of rotatable bonds is 6. The topological polar surface area (TPSA) is 120 Å². The van der Waals surface area contributed by atoms with Crippen LogP contribution in [0.25, 0.3) is 22.0 Å². The van der Waals surface area contributed by atoms with Crippen molar-refractivity contribution in [1.82, 2.24) is 9.13 Å². The lowest BCUT2D eigenvalue weighted by molar-refractivity contribution is 0.0685. The number of anilines is 1. The minimum Gasteiger partial charge on any atom is -0.497 e. The monoisotopic (exact) mass is 507 g/mol. The molecule has 9 nitrogen and oxygen atoms in total. The van der Waals surface area contributed by atoms with Crippen molar-refractivity contribution in [2.24, 2.45) is 7.05 Å². The Hall–Kier alpha value is -4.05. The maximum Gasteiger partial charge on any atom is 0.352 e. The molecule has 0 bridgehead atoms. The average Bonchev–Trinajstić information content (AvgIpc) is 3.05. The molecule has 0 atom stereocenters. The van der Waals surface area contributed by atoms with E-state index in [2.05, 4.69) is 5.32 Å². The maximum atomic E-state index is 13.4. The zero-order valence-electron chi connectivity index (χ0n) is 20.0. The van der Waals surface area contributed by atoms with E-state index in [9.17, 15) is 23.1 Å². The van der Waals surface area contributed by atoms with Gasteiger partial charge in [-0.15, -0.1) is 0 Å². The van der Waals surface area contributed by atoms with Crippen LogP contribution in [0, 0.1) is 0 Å². The number of aromatic carboxylic acids is 1. The van der Waals surface area contributed by atoms with Gasteiger partial charge in [-0.25, -0.2) is 13.2 Å². The number of nitrogens with one attached hydrogen (secondary N) is 1. The van der Waals surface area contributed by atoms with Gasteiger partial charge in [-0.2, -0.15) is 0 Å². The van der Waals surface area contributed by atoms with E-state index >= 15 is 0 Å². The number of aromatic nitrogens is 2. The fourth-order valence-corrected chi connectivity index (χ4v) is 5.73. The van der Waals surface area contributed by atoms with E-state index in [1.54, 1.807) is 49.2 Å². The maximum absolute atomic E-state index is 13.4. The van der Waals surface area contributed by atoms with E-state index < -0.39 is 15.8 Å². The van der Waals surface area contributed by atoms with E-state index in [1.165, 1.54) is 10.8 Å². The van der Waals surface area contributed by atoms with Crippen LogP contribution in [0.3, 0.4) is 0 Å². The van der Waals surface area contributed by atoms with Gasteiger partial charge in [0.2, 0.25) is 0 Å². The van der Waals surface area contributed by atoms with Gasteiger partial charge in [0.05, 0.1) is 12.9 Å². The summed E-state index contributed by atoms with van der Waals surface area (Å²) >= 11 is 0. The molecule has 0 unspecified atom stereocenters. The summed E-state index contributed by atoms with van der Waals surface area (Å²) in [6.07, 6.45) is 2.86. The first-order chi connectivity index (χ1) is 17.1. The molecule has 1 aliphatic heterocycles. The smallest absolute Gasteiger partial charge is 0.352 e. The molecule has 10 heteroatoms. The number of methoxy groups -OCH3 is 1. The molecule has 0 spiro atoms. The summed E-state index contributed by atoms with van der Waals surface area (Å²) in [5.74, 6) is -0.633. The van der Waals surface area contributed by atoms with Crippen molar-refractivity contribution in [2.75, 3.05) is 18.7 Å². The molecule has 1 aliphatic rings. The zero-order chi connectivity index (χ0) is 25.8. The van der Waals surface area contributed by atoms with Gasteiger partial charge in [0.25, 0.3) is 5.56 Å². The van der Waals surface area contributed by atoms with Crippen LogP contribution in [0.4, 0.5) is 5.69 Å². The molecule has 0 aliphatic carbocycles. The second-order valence-corrected chi connectivity index (χ2v) is 11.2. The number of pyridine rings is 1. The summed E-state index contributed by atoms with van der Waals surface area (Å²) in [6.45, 7) is 0.358. The van der Waals surface area contributed by atoms with Crippen LogP contribution in [-0.4, -0.2) is 42.0 Å². The van der Waals surface area contributed by atoms with Crippen LogP contribution in [0.1, 0.15) is 27.2 Å². The average molecular weight is 508 g/mol. The highest BCUT2D eigenvalue weighted by atomic mass is 32.2. The lowest BCUT2D eigenvalue weighted by Crippen LogP contribution is -2.21. The first-order valence-corrected chi connectivity index (χ1v) is 13.3. The van der Waals surface area contributed by atoms with Crippen molar-refractivity contribution in [1.29, 1.82) is 0 Å². The van der Waals surface area contributed by atoms with Gasteiger partial charge in [-0.3, -0.25) is 4.79 Å². The number of carbonyl (C=O) groups is 1. The Morgan fingerprint density at radius 2 is 1.92 bits per heavy atom. The highest BCUT2D eigenvalue weighted by Crippen LogP contribution is 2.41. The number of aryl methyl sites for hydroxylation is 1. The molecule has 0 saturated carbocycles. The number of fused-ring (bicyclic) bond motifs is 2. The molecular formula is C26H25N3O6S. The number of nitrogens with zero attached hydrogens (tertiary/aromatic N) is 2. The predicted molar refractivity (Wildman–Crippen MR) is 138 cm³/mol. The van der Waals surface area contributed by atoms with E-state index in [4.69, 9.17) is 4.74 Å². The molecule has 2 aromatic heterocycles. The summed E-state index contributed by atoms with van der Waals surface area (Å²) in [7, 11) is -0.0817. The van der Waals surface area contributed by atoms with Gasteiger partial charge in [-0.05, 0) is 35.4 Å². The standard InChI is InChI=1S/C26H25N3O6S/c1-28-13-20-18-10-16(14-36(3,33)34)7-8-21(18)27-11-19-22(20)24(25(28)30)29(23(19)26(31)32)12-15-5-4-6-17(9-15)35-2/h4-10,13,27H,11-12,14H2,1-3H3,(H,31,32). The van der Waals surface area contributed by atoms with Gasteiger partial charge in [-0.1, -0.05) is 18.2 Å². The van der Waals surface area contributed by atoms with Crippen molar-refractivity contribution in [3.05, 3.63) is 81.4 Å². The third-order valence-corrected chi connectivity index (χ3v) is 7.27. The molecule has 3 heterocycles. The Kier molecular flexibility index (Phi) is 5.63. The van der Waals surface area contributed by atoms with E-state index in [1.807, 2.05) is 18.2 Å². The SMILES string of the molecule is COc1cccc(Cn2c(C(=O)O)c3c4c(cn(C)c(=O)c42)-c2cc(CS(C)(=O)=O)ccc2NC3)c1.